The number of hydrogen-bond donors (Lipinski definition) is 1. The fourth-order valence-electron chi connectivity index (χ4n) is 2.05. The van der Waals surface area contributed by atoms with Crippen molar-refractivity contribution < 1.29 is 0 Å². The Morgan fingerprint density at radius 3 is 2.55 bits per heavy atom. The molecule has 0 radical (unpaired) electrons. The SMILES string of the molecule is Cc1csc(C(Nc2nc(C(C)(C)C)ns2)C2CC2)n1. The lowest BCUT2D eigenvalue weighted by Gasteiger charge is -2.15. The Hall–Kier alpha value is -1.01. The Bertz CT molecular complexity index is 592. The minimum Gasteiger partial charge on any atom is -0.351 e. The second-order valence-corrected chi connectivity index (χ2v) is 8.10. The fraction of sp³-hybridized carbons (Fsp3) is 0.643. The van der Waals surface area contributed by atoms with Gasteiger partial charge in [-0.15, -0.1) is 11.3 Å². The first-order valence-corrected chi connectivity index (χ1v) is 8.61. The second kappa shape index (κ2) is 5.07. The molecule has 108 valence electrons. The molecule has 1 atom stereocenters. The Labute approximate surface area is 127 Å². The molecule has 1 aliphatic rings. The van der Waals surface area contributed by atoms with Crippen LogP contribution < -0.4 is 5.32 Å². The summed E-state index contributed by atoms with van der Waals surface area (Å²) in [5, 5.41) is 7.77. The number of aryl methyl sites for hydroxylation is 1. The van der Waals surface area contributed by atoms with E-state index in [4.69, 9.17) is 0 Å². The lowest BCUT2D eigenvalue weighted by molar-refractivity contribution is 0.554. The van der Waals surface area contributed by atoms with Crippen LogP contribution in [-0.4, -0.2) is 14.3 Å². The number of nitrogens with one attached hydrogen (secondary N) is 1. The van der Waals surface area contributed by atoms with Crippen LogP contribution in [0.1, 0.15) is 56.2 Å². The number of hydrogen-bond acceptors (Lipinski definition) is 6. The molecule has 0 saturated heterocycles. The molecule has 1 N–H and O–H groups in total. The van der Waals surface area contributed by atoms with Gasteiger partial charge in [-0.3, -0.25) is 0 Å². The average Bonchev–Trinajstić information content (AvgIpc) is 2.92. The first kappa shape index (κ1) is 13.9. The van der Waals surface area contributed by atoms with Crippen LogP contribution in [-0.2, 0) is 5.41 Å². The van der Waals surface area contributed by atoms with Crippen molar-refractivity contribution in [2.75, 3.05) is 5.32 Å². The summed E-state index contributed by atoms with van der Waals surface area (Å²) in [4.78, 5) is 9.27. The number of rotatable bonds is 4. The Morgan fingerprint density at radius 1 is 1.30 bits per heavy atom. The van der Waals surface area contributed by atoms with Crippen molar-refractivity contribution in [1.82, 2.24) is 14.3 Å². The van der Waals surface area contributed by atoms with Crippen LogP contribution in [0, 0.1) is 12.8 Å². The van der Waals surface area contributed by atoms with Crippen molar-refractivity contribution in [3.8, 4) is 0 Å². The highest BCUT2D eigenvalue weighted by Gasteiger charge is 2.35. The minimum atomic E-state index is 0.00325. The molecule has 0 bridgehead atoms. The van der Waals surface area contributed by atoms with Crippen molar-refractivity contribution in [3.05, 3.63) is 21.9 Å². The molecule has 3 rings (SSSR count). The second-order valence-electron chi connectivity index (χ2n) is 6.46. The van der Waals surface area contributed by atoms with Gasteiger partial charge in [0.15, 0.2) is 0 Å². The molecule has 0 aliphatic heterocycles. The van der Waals surface area contributed by atoms with Gasteiger partial charge in [0.1, 0.15) is 10.8 Å². The van der Waals surface area contributed by atoms with E-state index in [1.165, 1.54) is 29.4 Å². The molecule has 1 aliphatic carbocycles. The van der Waals surface area contributed by atoms with Crippen molar-refractivity contribution >= 4 is 28.0 Å². The van der Waals surface area contributed by atoms with E-state index in [0.29, 0.717) is 12.0 Å². The van der Waals surface area contributed by atoms with E-state index in [2.05, 4.69) is 45.8 Å². The zero-order chi connectivity index (χ0) is 14.3. The highest BCUT2D eigenvalue weighted by atomic mass is 32.1. The summed E-state index contributed by atoms with van der Waals surface area (Å²) in [7, 11) is 0. The molecule has 20 heavy (non-hydrogen) atoms. The van der Waals surface area contributed by atoms with Crippen molar-refractivity contribution in [2.24, 2.45) is 5.92 Å². The van der Waals surface area contributed by atoms with Crippen LogP contribution in [0.3, 0.4) is 0 Å². The molecule has 1 fully saturated rings. The average molecular weight is 308 g/mol. The van der Waals surface area contributed by atoms with Crippen LogP contribution in [0.15, 0.2) is 5.38 Å². The third kappa shape index (κ3) is 3.01. The quantitative estimate of drug-likeness (QED) is 0.921. The van der Waals surface area contributed by atoms with Gasteiger partial charge in [0, 0.05) is 28.0 Å². The monoisotopic (exact) mass is 308 g/mol. The summed E-state index contributed by atoms with van der Waals surface area (Å²) < 4.78 is 4.47. The number of anilines is 1. The Kier molecular flexibility index (Phi) is 3.54. The van der Waals surface area contributed by atoms with E-state index < -0.39 is 0 Å². The predicted octanol–water partition coefficient (Wildman–Crippen LogP) is 4.16. The smallest absolute Gasteiger partial charge is 0.203 e. The van der Waals surface area contributed by atoms with Crippen LogP contribution in [0.4, 0.5) is 5.13 Å². The summed E-state index contributed by atoms with van der Waals surface area (Å²) in [6.07, 6.45) is 2.56. The van der Waals surface area contributed by atoms with E-state index in [0.717, 1.165) is 16.6 Å². The first-order chi connectivity index (χ1) is 9.43. The molecule has 6 heteroatoms. The van der Waals surface area contributed by atoms with Crippen LogP contribution in [0.5, 0.6) is 0 Å². The zero-order valence-electron chi connectivity index (χ0n) is 12.3. The summed E-state index contributed by atoms with van der Waals surface area (Å²) in [5.74, 6) is 1.61. The molecule has 0 spiro atoms. The van der Waals surface area contributed by atoms with Gasteiger partial charge in [-0.2, -0.15) is 4.37 Å². The number of nitrogens with zero attached hydrogens (tertiary/aromatic N) is 3. The largest absolute Gasteiger partial charge is 0.351 e. The van der Waals surface area contributed by atoms with Crippen LogP contribution in [0.2, 0.25) is 0 Å². The molecule has 1 unspecified atom stereocenters. The molecular formula is C14H20N4S2. The van der Waals surface area contributed by atoms with Gasteiger partial charge in [-0.05, 0) is 25.7 Å². The zero-order valence-corrected chi connectivity index (χ0v) is 13.9. The molecule has 1 saturated carbocycles. The molecule has 4 nitrogen and oxygen atoms in total. The van der Waals surface area contributed by atoms with Gasteiger partial charge in [-0.1, -0.05) is 20.8 Å². The van der Waals surface area contributed by atoms with Crippen molar-refractivity contribution in [2.45, 2.75) is 52.0 Å². The Balaban J connectivity index is 1.79. The topological polar surface area (TPSA) is 50.7 Å². The van der Waals surface area contributed by atoms with E-state index in [9.17, 15) is 0 Å². The van der Waals surface area contributed by atoms with E-state index in [1.54, 1.807) is 11.3 Å². The lowest BCUT2D eigenvalue weighted by atomic mass is 9.96. The summed E-state index contributed by atoms with van der Waals surface area (Å²) in [6, 6.07) is 0.300. The van der Waals surface area contributed by atoms with Gasteiger partial charge in [0.05, 0.1) is 6.04 Å². The molecule has 0 amide bonds. The van der Waals surface area contributed by atoms with E-state index in [1.807, 2.05) is 6.92 Å². The summed E-state index contributed by atoms with van der Waals surface area (Å²) in [5.41, 5.74) is 1.11. The van der Waals surface area contributed by atoms with Gasteiger partial charge in [0.25, 0.3) is 0 Å². The number of thiazole rings is 1. The third-order valence-electron chi connectivity index (χ3n) is 3.37. The van der Waals surface area contributed by atoms with Gasteiger partial charge in [0.2, 0.25) is 5.13 Å². The highest BCUT2D eigenvalue weighted by Crippen LogP contribution is 2.44. The molecule has 2 heterocycles. The van der Waals surface area contributed by atoms with Crippen LogP contribution in [0.25, 0.3) is 0 Å². The maximum Gasteiger partial charge on any atom is 0.203 e. The number of aromatic nitrogens is 3. The Morgan fingerprint density at radius 2 is 2.05 bits per heavy atom. The molecule has 0 aromatic carbocycles. The third-order valence-corrected chi connectivity index (χ3v) is 5.06. The fourth-order valence-corrected chi connectivity index (χ4v) is 3.78. The van der Waals surface area contributed by atoms with Crippen molar-refractivity contribution in [3.63, 3.8) is 0 Å². The van der Waals surface area contributed by atoms with E-state index in [-0.39, 0.29) is 5.41 Å². The van der Waals surface area contributed by atoms with Crippen LogP contribution >= 0.6 is 22.9 Å². The predicted molar refractivity (Wildman–Crippen MR) is 84.5 cm³/mol. The lowest BCUT2D eigenvalue weighted by Crippen LogP contribution is -2.15. The van der Waals surface area contributed by atoms with Gasteiger partial charge >= 0.3 is 0 Å². The molecular weight excluding hydrogens is 288 g/mol. The molecule has 2 aromatic rings. The maximum atomic E-state index is 4.64. The maximum absolute atomic E-state index is 4.64. The standard InChI is InChI=1S/C14H20N4S2/c1-8-7-19-11(15-8)10(9-5-6-9)16-13-17-12(18-20-13)14(2,3)4/h7,9-10H,5-6H2,1-4H3,(H,16,17,18). The normalized spacial score (nSPS) is 17.2. The summed E-state index contributed by atoms with van der Waals surface area (Å²) >= 11 is 3.20. The molecule has 2 aromatic heterocycles. The highest BCUT2D eigenvalue weighted by molar-refractivity contribution is 7.10. The minimum absolute atomic E-state index is 0.00325. The summed E-state index contributed by atoms with van der Waals surface area (Å²) in [6.45, 7) is 8.47. The van der Waals surface area contributed by atoms with Gasteiger partial charge in [-0.25, -0.2) is 9.97 Å². The van der Waals surface area contributed by atoms with Crippen molar-refractivity contribution in [1.29, 1.82) is 0 Å². The van der Waals surface area contributed by atoms with E-state index >= 15 is 0 Å². The van der Waals surface area contributed by atoms with Gasteiger partial charge < -0.3 is 5.32 Å². The first-order valence-electron chi connectivity index (χ1n) is 6.96.